The number of benzene rings is 2. The van der Waals surface area contributed by atoms with Gasteiger partial charge in [-0.2, -0.15) is 13.2 Å². The van der Waals surface area contributed by atoms with Crippen molar-refractivity contribution in [2.45, 2.75) is 38.5 Å². The summed E-state index contributed by atoms with van der Waals surface area (Å²) in [5, 5.41) is 3.78. The number of aliphatic imine (C=N–C) groups is 1. The number of rotatable bonds is 6. The van der Waals surface area contributed by atoms with E-state index in [0.29, 0.717) is 34.7 Å². The number of carbonyl (C=O) groups is 1. The molecule has 0 spiro atoms. The maximum absolute atomic E-state index is 13.7. The SMILES string of the molecule is COC(=O)C1=C(C)N(Cc2ccccc2C(F)(F)F)C(=NCC2CC2)NC1c1cccc(Cl)c1. The van der Waals surface area contributed by atoms with Gasteiger partial charge in [0.05, 0.1) is 30.8 Å². The molecule has 1 unspecified atom stereocenters. The second kappa shape index (κ2) is 9.70. The molecule has 0 bridgehead atoms. The van der Waals surface area contributed by atoms with Gasteiger partial charge in [0.15, 0.2) is 5.96 Å². The maximum atomic E-state index is 13.7. The van der Waals surface area contributed by atoms with E-state index in [2.05, 4.69) is 5.32 Å². The Morgan fingerprint density at radius 2 is 1.94 bits per heavy atom. The zero-order chi connectivity index (χ0) is 24.5. The number of esters is 1. The molecule has 2 aromatic carbocycles. The lowest BCUT2D eigenvalue weighted by Gasteiger charge is -2.38. The number of hydrogen-bond acceptors (Lipinski definition) is 3. The Labute approximate surface area is 201 Å². The summed E-state index contributed by atoms with van der Waals surface area (Å²) in [4.78, 5) is 19.2. The number of hydrogen-bond donors (Lipinski definition) is 1. The summed E-state index contributed by atoms with van der Waals surface area (Å²) in [6.45, 7) is 2.15. The van der Waals surface area contributed by atoms with E-state index in [1.165, 1.54) is 19.2 Å². The lowest BCUT2D eigenvalue weighted by molar-refractivity contribution is -0.139. The zero-order valence-corrected chi connectivity index (χ0v) is 19.6. The Kier molecular flexibility index (Phi) is 6.89. The van der Waals surface area contributed by atoms with E-state index in [9.17, 15) is 18.0 Å². The van der Waals surface area contributed by atoms with E-state index in [0.717, 1.165) is 24.5 Å². The standard InChI is InChI=1S/C25H25ClF3N3O2/c1-15-21(23(33)34-2)22(17-7-5-8-19(26)12-17)31-24(30-13-16-10-11-16)32(15)14-18-6-3-4-9-20(18)25(27,28)29/h3-9,12,16,22H,10-11,13-14H2,1-2H3,(H,30,31). The summed E-state index contributed by atoms with van der Waals surface area (Å²) in [6, 6.07) is 11.9. The molecular weight excluding hydrogens is 467 g/mol. The van der Waals surface area contributed by atoms with Crippen LogP contribution in [0.2, 0.25) is 5.02 Å². The number of halogens is 4. The fourth-order valence-corrected chi connectivity index (χ4v) is 4.25. The molecule has 0 aromatic heterocycles. The highest BCUT2D eigenvalue weighted by atomic mass is 35.5. The summed E-state index contributed by atoms with van der Waals surface area (Å²) in [5.41, 5.74) is 0.852. The summed E-state index contributed by atoms with van der Waals surface area (Å²) >= 11 is 6.20. The molecule has 1 heterocycles. The van der Waals surface area contributed by atoms with Crippen molar-refractivity contribution >= 4 is 23.5 Å². The second-order valence-corrected chi connectivity index (χ2v) is 8.91. The number of guanidine groups is 1. The molecule has 2 aliphatic rings. The lowest BCUT2D eigenvalue weighted by atomic mass is 9.94. The van der Waals surface area contributed by atoms with Crippen molar-refractivity contribution in [2.24, 2.45) is 10.9 Å². The Hall–Kier alpha value is -3.00. The van der Waals surface area contributed by atoms with Crippen molar-refractivity contribution in [3.8, 4) is 0 Å². The highest BCUT2D eigenvalue weighted by Crippen LogP contribution is 2.37. The Morgan fingerprint density at radius 1 is 1.21 bits per heavy atom. The molecule has 5 nitrogen and oxygen atoms in total. The molecule has 0 saturated heterocycles. The minimum Gasteiger partial charge on any atom is -0.466 e. The van der Waals surface area contributed by atoms with Crippen molar-refractivity contribution in [1.29, 1.82) is 0 Å². The molecule has 4 rings (SSSR count). The minimum atomic E-state index is -4.50. The van der Waals surface area contributed by atoms with Crippen LogP contribution in [0, 0.1) is 5.92 Å². The normalized spacial score (nSPS) is 19.9. The topological polar surface area (TPSA) is 53.9 Å². The van der Waals surface area contributed by atoms with Gasteiger partial charge in [-0.3, -0.25) is 4.99 Å². The van der Waals surface area contributed by atoms with E-state index >= 15 is 0 Å². The van der Waals surface area contributed by atoms with Crippen molar-refractivity contribution in [1.82, 2.24) is 10.2 Å². The molecule has 0 amide bonds. The van der Waals surface area contributed by atoms with Crippen LogP contribution in [0.25, 0.3) is 0 Å². The maximum Gasteiger partial charge on any atom is 0.416 e. The van der Waals surface area contributed by atoms with Crippen molar-refractivity contribution in [3.05, 3.63) is 81.5 Å². The smallest absolute Gasteiger partial charge is 0.416 e. The molecule has 1 saturated carbocycles. The van der Waals surface area contributed by atoms with Gasteiger partial charge in [0.25, 0.3) is 0 Å². The predicted octanol–water partition coefficient (Wildman–Crippen LogP) is 5.72. The highest BCUT2D eigenvalue weighted by Gasteiger charge is 2.38. The van der Waals surface area contributed by atoms with E-state index in [1.54, 1.807) is 36.1 Å². The van der Waals surface area contributed by atoms with Gasteiger partial charge in [0.2, 0.25) is 0 Å². The average Bonchev–Trinajstić information content (AvgIpc) is 3.63. The minimum absolute atomic E-state index is 0.0840. The van der Waals surface area contributed by atoms with Crippen LogP contribution in [0.15, 0.2) is 64.8 Å². The fourth-order valence-electron chi connectivity index (χ4n) is 4.05. The van der Waals surface area contributed by atoms with Gasteiger partial charge in [-0.1, -0.05) is 41.9 Å². The Balaban J connectivity index is 1.82. The summed E-state index contributed by atoms with van der Waals surface area (Å²) in [7, 11) is 1.28. The van der Waals surface area contributed by atoms with Crippen LogP contribution in [-0.2, 0) is 22.3 Å². The van der Waals surface area contributed by atoms with E-state index < -0.39 is 23.8 Å². The number of alkyl halides is 3. The van der Waals surface area contributed by atoms with Gasteiger partial charge in [-0.15, -0.1) is 0 Å². The van der Waals surface area contributed by atoms with Crippen LogP contribution in [0.1, 0.15) is 42.5 Å². The van der Waals surface area contributed by atoms with Crippen LogP contribution >= 0.6 is 11.6 Å². The van der Waals surface area contributed by atoms with E-state index in [1.807, 2.05) is 6.07 Å². The number of nitrogens with one attached hydrogen (secondary N) is 1. The monoisotopic (exact) mass is 491 g/mol. The van der Waals surface area contributed by atoms with Crippen molar-refractivity contribution in [2.75, 3.05) is 13.7 Å². The quantitative estimate of drug-likeness (QED) is 0.525. The molecule has 1 aliphatic heterocycles. The van der Waals surface area contributed by atoms with E-state index in [4.69, 9.17) is 21.3 Å². The summed E-state index contributed by atoms with van der Waals surface area (Å²) in [5.74, 6) is 0.304. The fraction of sp³-hybridized carbons (Fsp3) is 0.360. The molecule has 34 heavy (non-hydrogen) atoms. The van der Waals surface area contributed by atoms with Crippen molar-refractivity contribution in [3.63, 3.8) is 0 Å². The molecule has 180 valence electrons. The molecular formula is C25H25ClF3N3O2. The van der Waals surface area contributed by atoms with Gasteiger partial charge < -0.3 is 15.0 Å². The van der Waals surface area contributed by atoms with Crippen LogP contribution in [0.4, 0.5) is 13.2 Å². The molecule has 0 radical (unpaired) electrons. The first-order valence-corrected chi connectivity index (χ1v) is 11.3. The van der Waals surface area contributed by atoms with Gasteiger partial charge in [0, 0.05) is 17.3 Å². The zero-order valence-electron chi connectivity index (χ0n) is 18.8. The third-order valence-electron chi connectivity index (χ3n) is 6.05. The molecule has 1 atom stereocenters. The number of carbonyl (C=O) groups excluding carboxylic acids is 1. The molecule has 2 aromatic rings. The first-order chi connectivity index (χ1) is 16.2. The highest BCUT2D eigenvalue weighted by molar-refractivity contribution is 6.30. The first kappa shape index (κ1) is 24.1. The molecule has 1 N–H and O–H groups in total. The largest absolute Gasteiger partial charge is 0.466 e. The number of allylic oxidation sites excluding steroid dienone is 1. The third-order valence-corrected chi connectivity index (χ3v) is 6.28. The van der Waals surface area contributed by atoms with Crippen LogP contribution < -0.4 is 5.32 Å². The molecule has 1 aliphatic carbocycles. The van der Waals surface area contributed by atoms with Crippen molar-refractivity contribution < 1.29 is 22.7 Å². The van der Waals surface area contributed by atoms with Gasteiger partial charge >= 0.3 is 12.1 Å². The van der Waals surface area contributed by atoms with Crippen LogP contribution in [0.5, 0.6) is 0 Å². The van der Waals surface area contributed by atoms with Crippen LogP contribution in [0.3, 0.4) is 0 Å². The number of ether oxygens (including phenoxy) is 1. The lowest BCUT2D eigenvalue weighted by Crippen LogP contribution is -2.49. The van der Waals surface area contributed by atoms with Gasteiger partial charge in [-0.25, -0.2) is 4.79 Å². The van der Waals surface area contributed by atoms with E-state index in [-0.39, 0.29) is 12.1 Å². The Morgan fingerprint density at radius 3 is 2.59 bits per heavy atom. The van der Waals surface area contributed by atoms with Gasteiger partial charge in [-0.05, 0) is 55.0 Å². The van der Waals surface area contributed by atoms with Gasteiger partial charge in [0.1, 0.15) is 0 Å². The third kappa shape index (κ3) is 5.22. The summed E-state index contributed by atoms with van der Waals surface area (Å²) in [6.07, 6.45) is -2.35. The number of nitrogens with zero attached hydrogens (tertiary/aromatic N) is 2. The second-order valence-electron chi connectivity index (χ2n) is 8.47. The molecule has 9 heteroatoms. The average molecular weight is 492 g/mol. The predicted molar refractivity (Wildman–Crippen MR) is 124 cm³/mol. The Bertz CT molecular complexity index is 1140. The number of methoxy groups -OCH3 is 1. The first-order valence-electron chi connectivity index (χ1n) is 11.0. The van der Waals surface area contributed by atoms with Crippen LogP contribution in [-0.4, -0.2) is 30.5 Å². The summed E-state index contributed by atoms with van der Waals surface area (Å²) < 4.78 is 46.1. The molecule has 1 fully saturated rings.